The molecule has 0 fully saturated rings. The van der Waals surface area contributed by atoms with Gasteiger partial charge in [0.1, 0.15) is 0 Å². The molecule has 1 radical (unpaired) electrons. The molecule has 7 aromatic rings. The Morgan fingerprint density at radius 2 is 0.551 bits per heavy atom. The number of hydrogen-bond acceptors (Lipinski definition) is 4. The van der Waals surface area contributed by atoms with Crippen molar-refractivity contribution in [2.45, 2.75) is 27.7 Å². The summed E-state index contributed by atoms with van der Waals surface area (Å²) in [5.74, 6) is -40.4. The van der Waals surface area contributed by atoms with E-state index in [2.05, 4.69) is 29.4 Å². The van der Waals surface area contributed by atoms with E-state index in [4.69, 9.17) is 0 Å². The van der Waals surface area contributed by atoms with Crippen LogP contribution in [-0.2, 0) is 36.1 Å². The molecule has 0 saturated heterocycles. The minimum absolute atomic E-state index is 0. The van der Waals surface area contributed by atoms with Gasteiger partial charge in [0, 0.05) is 72.9 Å². The Labute approximate surface area is 389 Å². The molecule has 8 nitrogen and oxygen atoms in total. The predicted molar refractivity (Wildman–Crippen MR) is 203 cm³/mol. The molecule has 69 heavy (non-hydrogen) atoms. The number of halogens is 15. The number of benzene rings is 3. The van der Waals surface area contributed by atoms with Crippen LogP contribution in [0.1, 0.15) is 78.5 Å². The van der Waals surface area contributed by atoms with Crippen LogP contribution in [-0.4, -0.2) is 25.2 Å². The summed E-state index contributed by atoms with van der Waals surface area (Å²) < 4.78 is 232. The number of carbonyl (C=O) groups is 2. The topological polar surface area (TPSA) is 109 Å². The zero-order valence-electron chi connectivity index (χ0n) is 35.0. The minimum Gasteiger partial charge on any atom is -0.644 e. The van der Waals surface area contributed by atoms with Gasteiger partial charge in [0.25, 0.3) is 0 Å². The third-order valence-electron chi connectivity index (χ3n) is 9.43. The van der Waals surface area contributed by atoms with Crippen molar-refractivity contribution in [3.63, 3.8) is 0 Å². The SMILES string of the molecule is CCOC(C)=O.CCOC(C)=O.Fc1c(F)c(F)c([C+]2c3ccc([n-]3)-c3ccc([n-]3)[C+](c3c(F)c(F)c(F)c(F)c3F)c3ccc([n-]3)[C+](c3c(F)c(F)c(F)c(F)c3F)c3ccc2[n-]3)c(F)c1F.[Mn]. The van der Waals surface area contributed by atoms with Gasteiger partial charge in [-0.1, -0.05) is 11.4 Å². The normalized spacial score (nSPS) is 11.7. The summed E-state index contributed by atoms with van der Waals surface area (Å²) in [7, 11) is 0. The van der Waals surface area contributed by atoms with Gasteiger partial charge in [-0.3, -0.25) is 9.59 Å². The summed E-state index contributed by atoms with van der Waals surface area (Å²) in [6.07, 6.45) is 0. The van der Waals surface area contributed by atoms with Crippen molar-refractivity contribution in [2.24, 2.45) is 0 Å². The van der Waals surface area contributed by atoms with Crippen LogP contribution in [0.15, 0.2) is 48.5 Å². The minimum atomic E-state index is -2.62. The first kappa shape index (κ1) is 52.8. The molecule has 361 valence electrons. The Morgan fingerprint density at radius 1 is 0.362 bits per heavy atom. The number of aromatic nitrogens is 4. The van der Waals surface area contributed by atoms with Crippen molar-refractivity contribution in [1.29, 1.82) is 0 Å². The molecule has 0 saturated carbocycles. The molecule has 0 amide bonds. The Hall–Kier alpha value is -7.20. The molecule has 1 aliphatic rings. The van der Waals surface area contributed by atoms with Crippen LogP contribution < -0.4 is 19.9 Å². The van der Waals surface area contributed by atoms with Gasteiger partial charge in [-0.05, 0) is 60.9 Å². The Kier molecular flexibility index (Phi) is 16.0. The van der Waals surface area contributed by atoms with E-state index in [1.165, 1.54) is 13.8 Å². The third kappa shape index (κ3) is 9.75. The first-order valence-corrected chi connectivity index (χ1v) is 19.1. The van der Waals surface area contributed by atoms with Gasteiger partial charge in [0.2, 0.25) is 87.3 Å². The van der Waals surface area contributed by atoms with Crippen molar-refractivity contribution in [3.8, 4) is 11.4 Å². The smallest absolute Gasteiger partial charge is 0.302 e. The number of carbonyl (C=O) groups excluding carboxylic acids is 2. The zero-order chi connectivity index (χ0) is 50.2. The standard InChI is InChI=1S/C37H8F15N4.2C4H8O2.Mn/c38-23-20(24(39)30(45)35(50)29(23)44)17-11-3-1-9(53-11)10-2-4-12(54-10)18(21-25(40)31(46)36(51)32(47)26(21)41)14-6-8-16(56-14)19(15-7-5-13(17)55-15)22-27(42)33(48)37(52)34(49)28(22)43;2*1-3-6-4(2)5;/h1-8H;2*3H2,1-2H3;/q-1;;;. The van der Waals surface area contributed by atoms with Crippen LogP contribution in [0.5, 0.6) is 0 Å². The monoisotopic (exact) mass is 1020 g/mol. The molecule has 4 aromatic heterocycles. The van der Waals surface area contributed by atoms with Crippen LogP contribution >= 0.6 is 0 Å². The van der Waals surface area contributed by atoms with E-state index in [-0.39, 0.29) is 40.4 Å². The largest absolute Gasteiger partial charge is 0.644 e. The molecule has 3 aromatic carbocycles. The van der Waals surface area contributed by atoms with Gasteiger partial charge in [0.05, 0.1) is 13.2 Å². The first-order chi connectivity index (χ1) is 32.1. The van der Waals surface area contributed by atoms with E-state index in [1.54, 1.807) is 13.8 Å². The van der Waals surface area contributed by atoms with Crippen molar-refractivity contribution < 1.29 is 102 Å². The van der Waals surface area contributed by atoms with Crippen molar-refractivity contribution in [2.75, 3.05) is 13.2 Å². The molecule has 0 aliphatic carbocycles. The molecule has 0 N–H and O–H groups in total. The van der Waals surface area contributed by atoms with E-state index in [0.717, 1.165) is 48.5 Å². The summed E-state index contributed by atoms with van der Waals surface area (Å²) in [5, 5.41) is 0. The number of ether oxygens (including phenoxy) is 2. The molecule has 8 bridgehead atoms. The second-order valence-corrected chi connectivity index (χ2v) is 13.7. The molecule has 0 unspecified atom stereocenters. The average molecular weight is 1020 g/mol. The number of rotatable bonds is 5. The summed E-state index contributed by atoms with van der Waals surface area (Å²) in [6.45, 7) is 7.31. The maximum absolute atomic E-state index is 15.5. The van der Waals surface area contributed by atoms with Crippen molar-refractivity contribution in [3.05, 3.63) is 204 Å². The van der Waals surface area contributed by atoms with E-state index in [9.17, 15) is 49.1 Å². The second kappa shape index (κ2) is 21.0. The van der Waals surface area contributed by atoms with Crippen molar-refractivity contribution >= 4 is 11.9 Å². The molecule has 8 rings (SSSR count). The van der Waals surface area contributed by atoms with E-state index in [1.807, 2.05) is 0 Å². The fourth-order valence-electron chi connectivity index (χ4n) is 6.61. The van der Waals surface area contributed by atoms with Gasteiger partial charge >= 0.3 is 11.9 Å². The number of esters is 2. The maximum Gasteiger partial charge on any atom is 0.302 e. The fraction of sp³-hybridized carbons (Fsp3) is 0.133. The molecular weight excluding hydrogens is 1000 g/mol. The summed E-state index contributed by atoms with van der Waals surface area (Å²) in [5.41, 5.74) is -9.94. The van der Waals surface area contributed by atoms with E-state index >= 15 is 26.3 Å². The Bertz CT molecular complexity index is 2820. The van der Waals surface area contributed by atoms with Crippen LogP contribution in [0, 0.1) is 105 Å². The second-order valence-electron chi connectivity index (χ2n) is 13.7. The summed E-state index contributed by atoms with van der Waals surface area (Å²) >= 11 is 0. The third-order valence-corrected chi connectivity index (χ3v) is 9.43. The van der Waals surface area contributed by atoms with Crippen LogP contribution in [0.2, 0.25) is 0 Å². The molecule has 0 spiro atoms. The van der Waals surface area contributed by atoms with Gasteiger partial charge in [0.15, 0.2) is 16.7 Å². The van der Waals surface area contributed by atoms with Gasteiger partial charge in [-0.25, -0.2) is 0 Å². The van der Waals surface area contributed by atoms with E-state index in [0.29, 0.717) is 13.2 Å². The van der Waals surface area contributed by atoms with Crippen LogP contribution in [0.4, 0.5) is 65.9 Å². The Balaban J connectivity index is 0.000000609. The number of nitrogens with zero attached hydrogens (tertiary/aromatic N) is 4. The average Bonchev–Trinajstić information content (AvgIpc) is 4.15. The molecule has 0 atom stereocenters. The van der Waals surface area contributed by atoms with Crippen LogP contribution in [0.25, 0.3) is 11.4 Å². The van der Waals surface area contributed by atoms with Gasteiger partial charge in [-0.2, -0.15) is 65.9 Å². The maximum atomic E-state index is 15.5. The van der Waals surface area contributed by atoms with Crippen LogP contribution in [0.3, 0.4) is 0 Å². The number of hydrogen-bond donors (Lipinski definition) is 0. The molecule has 24 heteroatoms. The summed E-state index contributed by atoms with van der Waals surface area (Å²) in [4.78, 5) is 35.9. The first-order valence-electron chi connectivity index (χ1n) is 19.1. The van der Waals surface area contributed by atoms with Gasteiger partial charge in [-0.15, -0.1) is 11.4 Å². The molecule has 5 heterocycles. The Morgan fingerprint density at radius 3 is 0.739 bits per heavy atom. The zero-order valence-corrected chi connectivity index (χ0v) is 36.2. The fourth-order valence-corrected chi connectivity index (χ4v) is 6.61. The molecular formula is C45H24F15MnN4O4-. The molecule has 1 aliphatic heterocycles. The number of fused-ring (bicyclic) bond motifs is 9. The quantitative estimate of drug-likeness (QED) is 0.0419. The van der Waals surface area contributed by atoms with Gasteiger partial charge < -0.3 is 29.4 Å². The summed E-state index contributed by atoms with van der Waals surface area (Å²) in [6, 6.07) is 7.19. The van der Waals surface area contributed by atoms with Crippen molar-refractivity contribution in [1.82, 2.24) is 19.9 Å². The van der Waals surface area contributed by atoms with E-state index < -0.39 is 156 Å². The predicted octanol–water partition coefficient (Wildman–Crippen LogP) is 9.78.